The Morgan fingerprint density at radius 3 is 2.65 bits per heavy atom. The van der Waals surface area contributed by atoms with Gasteiger partial charge >= 0.3 is 6.03 Å². The van der Waals surface area contributed by atoms with Crippen molar-refractivity contribution in [3.63, 3.8) is 0 Å². The number of urea groups is 1. The minimum absolute atomic E-state index is 0.0136. The van der Waals surface area contributed by atoms with Gasteiger partial charge in [0.1, 0.15) is 23.9 Å². The van der Waals surface area contributed by atoms with Gasteiger partial charge in [0.05, 0.1) is 11.5 Å². The monoisotopic (exact) mass is 525 g/mol. The lowest BCUT2D eigenvalue weighted by atomic mass is 10.1. The standard InChI is InChI=1S/C24H17BrFN3O5/c25-18-8-9-22(34-14-15-4-3-6-19(10-15)29(32)33)17(11-18)12-21-23(30)28(24(31)27-21)13-16-5-1-2-7-20(16)26/h1-12H,13-14H2,(H,27,31)/b21-12+. The van der Waals surface area contributed by atoms with Gasteiger partial charge in [-0.25, -0.2) is 9.18 Å². The molecule has 4 rings (SSSR count). The van der Waals surface area contributed by atoms with E-state index in [9.17, 15) is 24.1 Å². The lowest BCUT2D eigenvalue weighted by Crippen LogP contribution is -2.30. The summed E-state index contributed by atoms with van der Waals surface area (Å²) in [6, 6.07) is 16.4. The second kappa shape index (κ2) is 9.84. The third kappa shape index (κ3) is 5.12. The maximum Gasteiger partial charge on any atom is 0.329 e. The van der Waals surface area contributed by atoms with Crippen LogP contribution in [0.3, 0.4) is 0 Å². The molecule has 0 aliphatic carbocycles. The van der Waals surface area contributed by atoms with E-state index in [4.69, 9.17) is 4.74 Å². The lowest BCUT2D eigenvalue weighted by Gasteiger charge is -2.12. The molecule has 0 saturated carbocycles. The van der Waals surface area contributed by atoms with Crippen molar-refractivity contribution < 1.29 is 23.6 Å². The fourth-order valence-corrected chi connectivity index (χ4v) is 3.73. The van der Waals surface area contributed by atoms with Crippen molar-refractivity contribution in [2.24, 2.45) is 0 Å². The first-order valence-corrected chi connectivity index (χ1v) is 10.8. The molecular weight excluding hydrogens is 509 g/mol. The van der Waals surface area contributed by atoms with Crippen LogP contribution in [0.1, 0.15) is 16.7 Å². The van der Waals surface area contributed by atoms with Crippen LogP contribution < -0.4 is 10.1 Å². The van der Waals surface area contributed by atoms with Gasteiger partial charge in [-0.15, -0.1) is 0 Å². The molecule has 0 aromatic heterocycles. The van der Waals surface area contributed by atoms with Crippen LogP contribution in [0.25, 0.3) is 6.08 Å². The number of nitro benzene ring substituents is 1. The number of benzene rings is 3. The summed E-state index contributed by atoms with van der Waals surface area (Å²) in [5.74, 6) is -0.709. The summed E-state index contributed by atoms with van der Waals surface area (Å²) in [4.78, 5) is 36.7. The quantitative estimate of drug-likeness (QED) is 0.198. The van der Waals surface area contributed by atoms with Gasteiger partial charge in [0, 0.05) is 27.7 Å². The summed E-state index contributed by atoms with van der Waals surface area (Å²) in [6.07, 6.45) is 1.47. The molecule has 8 nitrogen and oxygen atoms in total. The van der Waals surface area contributed by atoms with Gasteiger partial charge in [-0.2, -0.15) is 0 Å². The van der Waals surface area contributed by atoms with Crippen LogP contribution in [0.4, 0.5) is 14.9 Å². The third-order valence-electron chi connectivity index (χ3n) is 5.04. The molecule has 3 aromatic carbocycles. The Morgan fingerprint density at radius 1 is 1.09 bits per heavy atom. The molecule has 1 heterocycles. The molecule has 1 aliphatic heterocycles. The largest absolute Gasteiger partial charge is 0.488 e. The number of carbonyl (C=O) groups excluding carboxylic acids is 2. The summed E-state index contributed by atoms with van der Waals surface area (Å²) in [6.45, 7) is -0.150. The normalized spacial score (nSPS) is 14.4. The first-order chi connectivity index (χ1) is 16.3. The van der Waals surface area contributed by atoms with E-state index >= 15 is 0 Å². The molecule has 1 aliphatic rings. The van der Waals surface area contributed by atoms with Gasteiger partial charge in [0.25, 0.3) is 11.6 Å². The van der Waals surface area contributed by atoms with Gasteiger partial charge in [0.2, 0.25) is 0 Å². The number of rotatable bonds is 7. The SMILES string of the molecule is O=C1N/C(=C/c2cc(Br)ccc2OCc2cccc([N+](=O)[O-])c2)C(=O)N1Cc1ccccc1F. The van der Waals surface area contributed by atoms with Crippen molar-refractivity contribution in [1.29, 1.82) is 0 Å². The number of nitrogens with zero attached hydrogens (tertiary/aromatic N) is 2. The molecule has 1 saturated heterocycles. The van der Waals surface area contributed by atoms with Crippen LogP contribution in [-0.2, 0) is 17.9 Å². The molecule has 0 bridgehead atoms. The summed E-state index contributed by atoms with van der Waals surface area (Å²) in [5.41, 5.74) is 1.28. The number of hydrogen-bond donors (Lipinski definition) is 1. The minimum atomic E-state index is -0.659. The van der Waals surface area contributed by atoms with Crippen molar-refractivity contribution in [2.45, 2.75) is 13.2 Å². The average molecular weight is 526 g/mol. The zero-order valence-corrected chi connectivity index (χ0v) is 19.1. The van der Waals surface area contributed by atoms with Crippen molar-refractivity contribution in [3.8, 4) is 5.75 Å². The molecule has 3 amide bonds. The highest BCUT2D eigenvalue weighted by Crippen LogP contribution is 2.28. The Hall–Kier alpha value is -4.05. The lowest BCUT2D eigenvalue weighted by molar-refractivity contribution is -0.384. The molecule has 1 N–H and O–H groups in total. The third-order valence-corrected chi connectivity index (χ3v) is 5.53. The van der Waals surface area contributed by atoms with Crippen LogP contribution in [0.2, 0.25) is 0 Å². The first kappa shape index (κ1) is 23.1. The van der Waals surface area contributed by atoms with Crippen molar-refractivity contribution in [1.82, 2.24) is 10.2 Å². The first-order valence-electron chi connectivity index (χ1n) is 10.1. The molecule has 0 spiro atoms. The second-order valence-electron chi connectivity index (χ2n) is 7.37. The molecule has 172 valence electrons. The van der Waals surface area contributed by atoms with Gasteiger partial charge in [0.15, 0.2) is 0 Å². The Bertz CT molecular complexity index is 1330. The predicted octanol–water partition coefficient (Wildman–Crippen LogP) is 5.17. The number of hydrogen-bond acceptors (Lipinski definition) is 5. The number of halogens is 2. The highest BCUT2D eigenvalue weighted by molar-refractivity contribution is 9.10. The number of carbonyl (C=O) groups is 2. The van der Waals surface area contributed by atoms with E-state index in [1.54, 1.807) is 36.4 Å². The molecule has 10 heteroatoms. The number of imide groups is 1. The Morgan fingerprint density at radius 2 is 1.88 bits per heavy atom. The summed E-state index contributed by atoms with van der Waals surface area (Å²) >= 11 is 3.37. The predicted molar refractivity (Wildman–Crippen MR) is 125 cm³/mol. The minimum Gasteiger partial charge on any atom is -0.488 e. The van der Waals surface area contributed by atoms with Crippen molar-refractivity contribution in [2.75, 3.05) is 0 Å². The zero-order valence-electron chi connectivity index (χ0n) is 17.5. The summed E-state index contributed by atoms with van der Waals surface area (Å²) in [5, 5.41) is 13.5. The van der Waals surface area contributed by atoms with E-state index in [-0.39, 0.29) is 30.1 Å². The highest BCUT2D eigenvalue weighted by atomic mass is 79.9. The van der Waals surface area contributed by atoms with Crippen LogP contribution in [0.5, 0.6) is 5.75 Å². The van der Waals surface area contributed by atoms with Gasteiger partial charge in [-0.05, 0) is 35.9 Å². The van der Waals surface area contributed by atoms with Crippen LogP contribution in [-0.4, -0.2) is 21.8 Å². The average Bonchev–Trinajstić information content (AvgIpc) is 3.07. The topological polar surface area (TPSA) is 102 Å². The smallest absolute Gasteiger partial charge is 0.329 e. The maximum atomic E-state index is 14.0. The van der Waals surface area contributed by atoms with E-state index in [0.29, 0.717) is 21.3 Å². The van der Waals surface area contributed by atoms with Crippen LogP contribution >= 0.6 is 15.9 Å². The van der Waals surface area contributed by atoms with Gasteiger partial charge in [-0.1, -0.05) is 46.3 Å². The molecule has 0 unspecified atom stereocenters. The fraction of sp³-hybridized carbons (Fsp3) is 0.0833. The molecule has 1 fully saturated rings. The second-order valence-corrected chi connectivity index (χ2v) is 8.28. The zero-order chi connectivity index (χ0) is 24.2. The highest BCUT2D eigenvalue weighted by Gasteiger charge is 2.34. The van der Waals surface area contributed by atoms with E-state index < -0.39 is 22.7 Å². The summed E-state index contributed by atoms with van der Waals surface area (Å²) < 4.78 is 20.5. The van der Waals surface area contributed by atoms with Crippen molar-refractivity contribution >= 4 is 39.6 Å². The number of amides is 3. The van der Waals surface area contributed by atoms with Gasteiger partial charge in [-0.3, -0.25) is 19.8 Å². The molecule has 0 radical (unpaired) electrons. The Balaban J connectivity index is 1.56. The van der Waals surface area contributed by atoms with E-state index in [2.05, 4.69) is 21.2 Å². The van der Waals surface area contributed by atoms with Gasteiger partial charge < -0.3 is 10.1 Å². The number of ether oxygens (including phenoxy) is 1. The van der Waals surface area contributed by atoms with E-state index in [1.807, 2.05) is 0 Å². The molecule has 3 aromatic rings. The molecule has 34 heavy (non-hydrogen) atoms. The molecular formula is C24H17BrFN3O5. The molecule has 0 atom stereocenters. The Kier molecular flexibility index (Phi) is 6.69. The van der Waals surface area contributed by atoms with Crippen molar-refractivity contribution in [3.05, 3.63) is 110 Å². The van der Waals surface area contributed by atoms with E-state index in [0.717, 1.165) is 4.90 Å². The number of non-ortho nitro benzene ring substituents is 1. The number of nitro groups is 1. The fourth-order valence-electron chi connectivity index (χ4n) is 3.35. The number of nitrogens with one attached hydrogen (secondary N) is 1. The van der Waals surface area contributed by atoms with E-state index in [1.165, 1.54) is 36.4 Å². The Labute approximate surface area is 201 Å². The maximum absolute atomic E-state index is 14.0. The summed E-state index contributed by atoms with van der Waals surface area (Å²) in [7, 11) is 0. The van der Waals surface area contributed by atoms with Crippen LogP contribution in [0.15, 0.2) is 76.9 Å². The van der Waals surface area contributed by atoms with Crippen LogP contribution in [0, 0.1) is 15.9 Å².